The lowest BCUT2D eigenvalue weighted by Gasteiger charge is -2.34. The van der Waals surface area contributed by atoms with E-state index in [0.29, 0.717) is 6.54 Å². The van der Waals surface area contributed by atoms with Gasteiger partial charge in [-0.25, -0.2) is 0 Å². The first-order valence-corrected chi connectivity index (χ1v) is 9.45. The van der Waals surface area contributed by atoms with Crippen molar-refractivity contribution in [1.82, 2.24) is 15.1 Å². The van der Waals surface area contributed by atoms with Crippen LogP contribution < -0.4 is 5.32 Å². The lowest BCUT2D eigenvalue weighted by Crippen LogP contribution is -2.49. The van der Waals surface area contributed by atoms with Gasteiger partial charge in [0.25, 0.3) is 0 Å². The maximum atomic E-state index is 12.0. The van der Waals surface area contributed by atoms with Crippen LogP contribution >= 0.6 is 11.3 Å². The SMILES string of the molecule is O=C(CN1CCN(Cc2ccccc2)CC1)NCCc1cccs1. The first-order chi connectivity index (χ1) is 11.8. The Hall–Kier alpha value is -1.69. The van der Waals surface area contributed by atoms with Gasteiger partial charge in [-0.05, 0) is 23.4 Å². The fraction of sp³-hybridized carbons (Fsp3) is 0.421. The number of rotatable bonds is 7. The van der Waals surface area contributed by atoms with Gasteiger partial charge in [-0.3, -0.25) is 14.6 Å². The summed E-state index contributed by atoms with van der Waals surface area (Å²) in [5, 5.41) is 5.11. The zero-order chi connectivity index (χ0) is 16.6. The van der Waals surface area contributed by atoms with Crippen LogP contribution in [0.1, 0.15) is 10.4 Å². The fourth-order valence-corrected chi connectivity index (χ4v) is 3.70. The molecule has 1 fully saturated rings. The highest BCUT2D eigenvalue weighted by Crippen LogP contribution is 2.09. The van der Waals surface area contributed by atoms with E-state index in [9.17, 15) is 4.79 Å². The summed E-state index contributed by atoms with van der Waals surface area (Å²) in [6.45, 7) is 6.23. The van der Waals surface area contributed by atoms with E-state index >= 15 is 0 Å². The Kier molecular flexibility index (Phi) is 6.41. The van der Waals surface area contributed by atoms with Crippen molar-refractivity contribution in [3.05, 3.63) is 58.3 Å². The Bertz CT molecular complexity index is 607. The van der Waals surface area contributed by atoms with Gasteiger partial charge in [-0.1, -0.05) is 36.4 Å². The van der Waals surface area contributed by atoms with E-state index in [0.717, 1.165) is 45.7 Å². The predicted octanol–water partition coefficient (Wildman–Crippen LogP) is 2.22. The molecule has 5 heteroatoms. The molecule has 2 heterocycles. The summed E-state index contributed by atoms with van der Waals surface area (Å²) in [5.74, 6) is 0.142. The molecule has 0 aliphatic carbocycles. The van der Waals surface area contributed by atoms with Crippen LogP contribution in [-0.4, -0.2) is 55.0 Å². The predicted molar refractivity (Wildman–Crippen MR) is 99.2 cm³/mol. The fourth-order valence-electron chi connectivity index (χ4n) is 2.99. The quantitative estimate of drug-likeness (QED) is 0.837. The van der Waals surface area contributed by atoms with E-state index in [-0.39, 0.29) is 5.91 Å². The van der Waals surface area contributed by atoms with Crippen LogP contribution in [0, 0.1) is 0 Å². The Labute approximate surface area is 148 Å². The van der Waals surface area contributed by atoms with Gasteiger partial charge in [0.2, 0.25) is 5.91 Å². The molecular formula is C19H25N3OS. The molecule has 1 aliphatic rings. The van der Waals surface area contributed by atoms with Crippen LogP contribution in [0.5, 0.6) is 0 Å². The van der Waals surface area contributed by atoms with E-state index in [1.54, 1.807) is 11.3 Å². The molecule has 0 saturated carbocycles. The van der Waals surface area contributed by atoms with Gasteiger partial charge in [0.15, 0.2) is 0 Å². The first kappa shape index (κ1) is 17.1. The van der Waals surface area contributed by atoms with Gasteiger partial charge in [-0.15, -0.1) is 11.3 Å². The van der Waals surface area contributed by atoms with Crippen molar-refractivity contribution in [1.29, 1.82) is 0 Å². The Balaban J connectivity index is 1.32. The molecule has 1 aliphatic heterocycles. The summed E-state index contributed by atoms with van der Waals surface area (Å²) in [5.41, 5.74) is 1.36. The summed E-state index contributed by atoms with van der Waals surface area (Å²) >= 11 is 1.74. The normalized spacial score (nSPS) is 16.2. The summed E-state index contributed by atoms with van der Waals surface area (Å²) < 4.78 is 0. The van der Waals surface area contributed by atoms with E-state index < -0.39 is 0 Å². The largest absolute Gasteiger partial charge is 0.355 e. The highest BCUT2D eigenvalue weighted by Gasteiger charge is 2.18. The van der Waals surface area contributed by atoms with Crippen LogP contribution in [0.15, 0.2) is 47.8 Å². The number of carbonyl (C=O) groups is 1. The smallest absolute Gasteiger partial charge is 0.234 e. The minimum absolute atomic E-state index is 0.142. The minimum atomic E-state index is 0.142. The zero-order valence-electron chi connectivity index (χ0n) is 14.0. The van der Waals surface area contributed by atoms with Crippen molar-refractivity contribution in [2.75, 3.05) is 39.3 Å². The highest BCUT2D eigenvalue weighted by atomic mass is 32.1. The van der Waals surface area contributed by atoms with Gasteiger partial charge in [0.1, 0.15) is 0 Å². The maximum Gasteiger partial charge on any atom is 0.234 e. The van der Waals surface area contributed by atoms with Crippen molar-refractivity contribution in [3.8, 4) is 0 Å². The maximum absolute atomic E-state index is 12.0. The number of amides is 1. The third kappa shape index (κ3) is 5.44. The van der Waals surface area contributed by atoms with Crippen molar-refractivity contribution in [3.63, 3.8) is 0 Å². The first-order valence-electron chi connectivity index (χ1n) is 8.57. The molecule has 2 aromatic rings. The van der Waals surface area contributed by atoms with E-state index in [2.05, 4.69) is 63.0 Å². The van der Waals surface area contributed by atoms with Crippen molar-refractivity contribution in [2.24, 2.45) is 0 Å². The number of hydrogen-bond donors (Lipinski definition) is 1. The number of nitrogens with one attached hydrogen (secondary N) is 1. The molecule has 1 N–H and O–H groups in total. The minimum Gasteiger partial charge on any atom is -0.355 e. The van der Waals surface area contributed by atoms with Crippen molar-refractivity contribution < 1.29 is 4.79 Å². The summed E-state index contributed by atoms with van der Waals surface area (Å²) in [6.07, 6.45) is 0.925. The summed E-state index contributed by atoms with van der Waals surface area (Å²) in [6, 6.07) is 14.7. The number of piperazine rings is 1. The third-order valence-electron chi connectivity index (χ3n) is 4.35. The summed E-state index contributed by atoms with van der Waals surface area (Å²) in [7, 11) is 0. The van der Waals surface area contributed by atoms with Crippen LogP contribution in [0.4, 0.5) is 0 Å². The molecule has 128 valence electrons. The van der Waals surface area contributed by atoms with Crippen LogP contribution in [0.3, 0.4) is 0 Å². The van der Waals surface area contributed by atoms with Crippen molar-refractivity contribution in [2.45, 2.75) is 13.0 Å². The molecular weight excluding hydrogens is 318 g/mol. The molecule has 0 unspecified atom stereocenters. The molecule has 4 nitrogen and oxygen atoms in total. The van der Waals surface area contributed by atoms with Crippen LogP contribution in [0.25, 0.3) is 0 Å². The standard InChI is InChI=1S/C19H25N3OS/c23-19(20-9-8-18-7-4-14-24-18)16-22-12-10-21(11-13-22)15-17-5-2-1-3-6-17/h1-7,14H,8-13,15-16H2,(H,20,23). The lowest BCUT2D eigenvalue weighted by atomic mass is 10.2. The van der Waals surface area contributed by atoms with E-state index in [1.807, 2.05) is 0 Å². The summed E-state index contributed by atoms with van der Waals surface area (Å²) in [4.78, 5) is 18.1. The molecule has 0 radical (unpaired) electrons. The van der Waals surface area contributed by atoms with Crippen molar-refractivity contribution >= 4 is 17.2 Å². The van der Waals surface area contributed by atoms with Gasteiger partial charge in [-0.2, -0.15) is 0 Å². The monoisotopic (exact) mass is 343 g/mol. The second-order valence-electron chi connectivity index (χ2n) is 6.22. The molecule has 1 aromatic heterocycles. The topological polar surface area (TPSA) is 35.6 Å². The molecule has 0 atom stereocenters. The second kappa shape index (κ2) is 8.97. The number of hydrogen-bond acceptors (Lipinski definition) is 4. The van der Waals surface area contributed by atoms with Gasteiger partial charge in [0.05, 0.1) is 6.54 Å². The van der Waals surface area contributed by atoms with Gasteiger partial charge in [0, 0.05) is 44.1 Å². The molecule has 0 bridgehead atoms. The Morgan fingerprint density at radius 3 is 2.46 bits per heavy atom. The van der Waals surface area contributed by atoms with E-state index in [1.165, 1.54) is 10.4 Å². The third-order valence-corrected chi connectivity index (χ3v) is 5.29. The molecule has 1 aromatic carbocycles. The number of thiophene rings is 1. The lowest BCUT2D eigenvalue weighted by molar-refractivity contribution is -0.122. The molecule has 1 amide bonds. The Morgan fingerprint density at radius 2 is 1.75 bits per heavy atom. The number of benzene rings is 1. The molecule has 1 saturated heterocycles. The second-order valence-corrected chi connectivity index (χ2v) is 7.25. The number of nitrogens with zero attached hydrogens (tertiary/aromatic N) is 2. The van der Waals surface area contributed by atoms with E-state index in [4.69, 9.17) is 0 Å². The van der Waals surface area contributed by atoms with Gasteiger partial charge < -0.3 is 5.32 Å². The molecule has 0 spiro atoms. The average Bonchev–Trinajstić information content (AvgIpc) is 3.11. The highest BCUT2D eigenvalue weighted by molar-refractivity contribution is 7.09. The Morgan fingerprint density at radius 1 is 1.00 bits per heavy atom. The molecule has 24 heavy (non-hydrogen) atoms. The van der Waals surface area contributed by atoms with Crippen LogP contribution in [0.2, 0.25) is 0 Å². The van der Waals surface area contributed by atoms with Gasteiger partial charge >= 0.3 is 0 Å². The number of carbonyl (C=O) groups excluding carboxylic acids is 1. The average molecular weight is 343 g/mol. The molecule has 3 rings (SSSR count). The zero-order valence-corrected chi connectivity index (χ0v) is 14.8. The van der Waals surface area contributed by atoms with Crippen LogP contribution in [-0.2, 0) is 17.8 Å².